The van der Waals surface area contributed by atoms with Crippen LogP contribution >= 0.6 is 0 Å². The average Bonchev–Trinajstić information content (AvgIpc) is 2.73. The van der Waals surface area contributed by atoms with E-state index >= 15 is 0 Å². The van der Waals surface area contributed by atoms with Crippen LogP contribution in [0.25, 0.3) is 0 Å². The van der Waals surface area contributed by atoms with Crippen LogP contribution in [0, 0.1) is 11.7 Å². The van der Waals surface area contributed by atoms with Gasteiger partial charge in [-0.25, -0.2) is 12.8 Å². The number of rotatable bonds is 4. The highest BCUT2D eigenvalue weighted by molar-refractivity contribution is 7.89. The summed E-state index contributed by atoms with van der Waals surface area (Å²) < 4.78 is 40.3. The first-order valence-electron chi connectivity index (χ1n) is 10.7. The number of hydrogen-bond donors (Lipinski definition) is 0. The fourth-order valence-corrected chi connectivity index (χ4v) is 6.58. The fourth-order valence-electron chi connectivity index (χ4n) is 5.12. The summed E-state index contributed by atoms with van der Waals surface area (Å²) in [4.78, 5) is 17.1. The summed E-state index contributed by atoms with van der Waals surface area (Å²) in [5, 5.41) is 0. The number of hydrogen-bond acceptors (Lipinski definition) is 4. The lowest BCUT2D eigenvalue weighted by Gasteiger charge is -2.45. The van der Waals surface area contributed by atoms with Gasteiger partial charge in [0.05, 0.1) is 11.4 Å². The first kappa shape index (κ1) is 20.8. The summed E-state index contributed by atoms with van der Waals surface area (Å²) in [7, 11) is -3.70. The number of likely N-dealkylation sites (tertiary alicyclic amines) is 1. The van der Waals surface area contributed by atoms with Gasteiger partial charge in [0.2, 0.25) is 15.9 Å². The highest BCUT2D eigenvalue weighted by atomic mass is 32.2. The Hall–Kier alpha value is -1.51. The second-order valence-electron chi connectivity index (χ2n) is 8.48. The van der Waals surface area contributed by atoms with Crippen LogP contribution in [0.1, 0.15) is 38.5 Å². The molecule has 0 spiro atoms. The zero-order valence-corrected chi connectivity index (χ0v) is 17.6. The summed E-state index contributed by atoms with van der Waals surface area (Å²) in [6.45, 7) is 2.88. The third-order valence-corrected chi connectivity index (χ3v) is 8.58. The van der Waals surface area contributed by atoms with E-state index in [1.807, 2.05) is 4.90 Å². The molecule has 1 saturated carbocycles. The minimum atomic E-state index is -3.70. The number of piperidine rings is 1. The lowest BCUT2D eigenvalue weighted by atomic mass is 9.78. The van der Waals surface area contributed by atoms with Crippen LogP contribution in [-0.2, 0) is 14.8 Å². The van der Waals surface area contributed by atoms with Crippen molar-refractivity contribution in [2.75, 3.05) is 39.3 Å². The second kappa shape index (κ2) is 8.70. The Morgan fingerprint density at radius 1 is 1.00 bits per heavy atom. The van der Waals surface area contributed by atoms with Gasteiger partial charge in [-0.15, -0.1) is 0 Å². The molecule has 160 valence electrons. The lowest BCUT2D eigenvalue weighted by molar-refractivity contribution is -0.139. The SMILES string of the molecule is O=C(CN1CCN(S(=O)(=O)c2cccc(F)c2)CC1)N1CCC[C@H]2CCCC[C@H]21. The molecule has 0 aromatic heterocycles. The number of benzene rings is 1. The van der Waals surface area contributed by atoms with E-state index < -0.39 is 15.8 Å². The van der Waals surface area contributed by atoms with Crippen LogP contribution in [0.3, 0.4) is 0 Å². The zero-order chi connectivity index (χ0) is 20.4. The van der Waals surface area contributed by atoms with Crippen LogP contribution in [0.4, 0.5) is 4.39 Å². The maximum absolute atomic E-state index is 13.4. The smallest absolute Gasteiger partial charge is 0.243 e. The summed E-state index contributed by atoms with van der Waals surface area (Å²) in [5.41, 5.74) is 0. The molecule has 3 fully saturated rings. The van der Waals surface area contributed by atoms with E-state index in [1.54, 1.807) is 0 Å². The van der Waals surface area contributed by atoms with E-state index in [0.29, 0.717) is 44.7 Å². The standard InChI is InChI=1S/C21H30FN3O3S/c22-18-7-3-8-19(15-18)29(27,28)24-13-11-23(12-14-24)16-21(26)25-10-4-6-17-5-1-2-9-20(17)25/h3,7-8,15,17,20H,1-2,4-6,9-14,16H2/t17-,20-/m1/s1. The predicted octanol–water partition coefficient (Wildman–Crippen LogP) is 2.31. The number of nitrogens with zero attached hydrogens (tertiary/aromatic N) is 3. The molecule has 2 aliphatic heterocycles. The van der Waals surface area contributed by atoms with E-state index in [2.05, 4.69) is 4.90 Å². The average molecular weight is 424 g/mol. The van der Waals surface area contributed by atoms with Gasteiger partial charge >= 0.3 is 0 Å². The topological polar surface area (TPSA) is 60.9 Å². The Morgan fingerprint density at radius 3 is 2.48 bits per heavy atom. The van der Waals surface area contributed by atoms with Crippen LogP contribution < -0.4 is 0 Å². The van der Waals surface area contributed by atoms with Crippen LogP contribution in [-0.4, -0.2) is 73.7 Å². The summed E-state index contributed by atoms with van der Waals surface area (Å²) in [6, 6.07) is 5.53. The molecule has 0 radical (unpaired) electrons. The Kier molecular flexibility index (Phi) is 6.22. The molecule has 2 atom stereocenters. The normalized spacial score (nSPS) is 26.9. The molecule has 29 heavy (non-hydrogen) atoms. The first-order chi connectivity index (χ1) is 13.9. The van der Waals surface area contributed by atoms with E-state index in [0.717, 1.165) is 25.5 Å². The van der Waals surface area contributed by atoms with Gasteiger partial charge in [-0.2, -0.15) is 4.31 Å². The number of halogens is 1. The molecule has 3 aliphatic rings. The van der Waals surface area contributed by atoms with Crippen LogP contribution in [0.15, 0.2) is 29.2 Å². The Balaban J connectivity index is 1.33. The molecule has 1 amide bonds. The molecular weight excluding hydrogens is 393 g/mol. The third kappa shape index (κ3) is 4.49. The van der Waals surface area contributed by atoms with E-state index in [4.69, 9.17) is 0 Å². The van der Waals surface area contributed by atoms with Gasteiger partial charge in [0.25, 0.3) is 0 Å². The van der Waals surface area contributed by atoms with Crippen molar-refractivity contribution in [2.24, 2.45) is 5.92 Å². The highest BCUT2D eigenvalue weighted by Gasteiger charge is 2.36. The van der Waals surface area contributed by atoms with E-state index in [1.165, 1.54) is 48.2 Å². The molecule has 1 aromatic rings. The minimum absolute atomic E-state index is 0.0151. The number of carbonyl (C=O) groups is 1. The molecule has 2 saturated heterocycles. The zero-order valence-electron chi connectivity index (χ0n) is 16.8. The maximum atomic E-state index is 13.4. The summed E-state index contributed by atoms with van der Waals surface area (Å²) in [5.74, 6) is 0.288. The van der Waals surface area contributed by atoms with Crippen molar-refractivity contribution >= 4 is 15.9 Å². The molecule has 6 nitrogen and oxygen atoms in total. The largest absolute Gasteiger partial charge is 0.338 e. The number of fused-ring (bicyclic) bond motifs is 1. The minimum Gasteiger partial charge on any atom is -0.338 e. The van der Waals surface area contributed by atoms with E-state index in [9.17, 15) is 17.6 Å². The second-order valence-corrected chi connectivity index (χ2v) is 10.4. The van der Waals surface area contributed by atoms with Gasteiger partial charge < -0.3 is 4.90 Å². The van der Waals surface area contributed by atoms with Gasteiger partial charge in [0.1, 0.15) is 5.82 Å². The van der Waals surface area contributed by atoms with Crippen molar-refractivity contribution in [3.05, 3.63) is 30.1 Å². The first-order valence-corrected chi connectivity index (χ1v) is 12.2. The lowest BCUT2D eigenvalue weighted by Crippen LogP contribution is -2.55. The van der Waals surface area contributed by atoms with Crippen molar-refractivity contribution in [2.45, 2.75) is 49.5 Å². The predicted molar refractivity (Wildman–Crippen MR) is 108 cm³/mol. The quantitative estimate of drug-likeness (QED) is 0.746. The van der Waals surface area contributed by atoms with Crippen molar-refractivity contribution < 1.29 is 17.6 Å². The monoisotopic (exact) mass is 423 g/mol. The summed E-state index contributed by atoms with van der Waals surface area (Å²) >= 11 is 0. The molecule has 1 aliphatic carbocycles. The van der Waals surface area contributed by atoms with Crippen molar-refractivity contribution in [3.8, 4) is 0 Å². The van der Waals surface area contributed by atoms with Crippen LogP contribution in [0.5, 0.6) is 0 Å². The molecule has 0 unspecified atom stereocenters. The van der Waals surface area contributed by atoms with Gasteiger partial charge in [0, 0.05) is 38.8 Å². The molecule has 4 rings (SSSR count). The highest BCUT2D eigenvalue weighted by Crippen LogP contribution is 2.35. The molecule has 8 heteroatoms. The number of carbonyl (C=O) groups excluding carboxylic acids is 1. The Morgan fingerprint density at radius 2 is 1.72 bits per heavy atom. The molecule has 0 N–H and O–H groups in total. The molecule has 1 aromatic carbocycles. The fraction of sp³-hybridized carbons (Fsp3) is 0.667. The number of piperazine rings is 1. The molecular formula is C21H30FN3O3S. The van der Waals surface area contributed by atoms with Crippen molar-refractivity contribution in [3.63, 3.8) is 0 Å². The van der Waals surface area contributed by atoms with Gasteiger partial charge in [-0.1, -0.05) is 18.9 Å². The van der Waals surface area contributed by atoms with Gasteiger partial charge in [-0.05, 0) is 49.8 Å². The molecule has 0 bridgehead atoms. The third-order valence-electron chi connectivity index (χ3n) is 6.69. The van der Waals surface area contributed by atoms with E-state index in [-0.39, 0.29) is 10.8 Å². The Labute approximate surface area is 172 Å². The van der Waals surface area contributed by atoms with Gasteiger partial charge in [-0.3, -0.25) is 9.69 Å². The van der Waals surface area contributed by atoms with Crippen molar-refractivity contribution in [1.82, 2.24) is 14.1 Å². The Bertz CT molecular complexity index is 837. The number of amides is 1. The van der Waals surface area contributed by atoms with Gasteiger partial charge in [0.15, 0.2) is 0 Å². The summed E-state index contributed by atoms with van der Waals surface area (Å²) in [6.07, 6.45) is 7.19. The van der Waals surface area contributed by atoms with Crippen LogP contribution in [0.2, 0.25) is 0 Å². The number of sulfonamides is 1. The van der Waals surface area contributed by atoms with Crippen molar-refractivity contribution in [1.29, 1.82) is 0 Å². The maximum Gasteiger partial charge on any atom is 0.243 e. The molecule has 2 heterocycles.